The maximum atomic E-state index is 15.4. The minimum Gasteiger partial charge on any atom is -0.496 e. The van der Waals surface area contributed by atoms with Gasteiger partial charge in [0, 0.05) is 90.9 Å². The Morgan fingerprint density at radius 3 is 2.52 bits per heavy atom. The summed E-state index contributed by atoms with van der Waals surface area (Å²) in [7, 11) is 5.10. The third kappa shape index (κ3) is 6.37. The van der Waals surface area contributed by atoms with Gasteiger partial charge >= 0.3 is 18.0 Å². The van der Waals surface area contributed by atoms with Crippen molar-refractivity contribution in [3.05, 3.63) is 82.6 Å². The zero-order valence-corrected chi connectivity index (χ0v) is 38.4. The number of aromatic amines is 1. The highest BCUT2D eigenvalue weighted by Crippen LogP contribution is 2.68. The Labute approximate surface area is 371 Å². The summed E-state index contributed by atoms with van der Waals surface area (Å²) in [4.78, 5) is 53.1. The maximum Gasteiger partial charge on any atom is 0.407 e. The number of likely N-dealkylation sites (N-methyl/N-ethyl adjacent to an activating group) is 1. The van der Waals surface area contributed by atoms with Crippen LogP contribution in [0.4, 0.5) is 10.5 Å². The molecule has 5 aliphatic heterocycles. The summed E-state index contributed by atoms with van der Waals surface area (Å²) < 4.78 is 24.6. The Morgan fingerprint density at radius 1 is 1.05 bits per heavy atom. The molecule has 9 atom stereocenters. The van der Waals surface area contributed by atoms with Crippen molar-refractivity contribution in [3.8, 4) is 5.75 Å². The lowest BCUT2D eigenvalue weighted by Crippen LogP contribution is -2.81. The van der Waals surface area contributed by atoms with Gasteiger partial charge in [0.05, 0.1) is 26.8 Å². The molecule has 6 aliphatic rings. The van der Waals surface area contributed by atoms with Crippen molar-refractivity contribution >= 4 is 34.6 Å². The van der Waals surface area contributed by atoms with E-state index in [1.54, 1.807) is 27.9 Å². The molecule has 63 heavy (non-hydrogen) atoms. The van der Waals surface area contributed by atoms with Crippen LogP contribution in [0.15, 0.2) is 60.2 Å². The van der Waals surface area contributed by atoms with Gasteiger partial charge in [-0.25, -0.2) is 4.79 Å². The zero-order valence-electron chi connectivity index (χ0n) is 38.4. The molecule has 1 unspecified atom stereocenters. The SMILES string of the molecule is CCC1=C[C@@H]2CN(CCc3c([nH]c4ccccc34)[C@@](C(=O)OC)(c3cc4c(cc3OC)N(C)[C@H]3[C@@](O)(CNC(=O)OC(C)(C)C)[C@H](OC(C)=O)[C@]5(CC)C=CCN6CC[C@]43[C@@H]65)C2)C1. The van der Waals surface area contributed by atoms with Crippen LogP contribution < -0.4 is 15.0 Å². The molecule has 1 spiro atoms. The number of nitrogens with one attached hydrogen (secondary N) is 2. The van der Waals surface area contributed by atoms with E-state index in [0.29, 0.717) is 37.1 Å². The molecule has 13 heteroatoms. The maximum absolute atomic E-state index is 15.4. The molecule has 6 heterocycles. The van der Waals surface area contributed by atoms with Gasteiger partial charge in [-0.1, -0.05) is 55.8 Å². The van der Waals surface area contributed by atoms with Crippen LogP contribution in [0.5, 0.6) is 5.75 Å². The normalized spacial score (nSPS) is 33.1. The Morgan fingerprint density at radius 2 is 1.83 bits per heavy atom. The molecule has 2 aromatic carbocycles. The Bertz CT molecular complexity index is 2400. The fraction of sp³-hybridized carbons (Fsp3) is 0.580. The summed E-state index contributed by atoms with van der Waals surface area (Å²) >= 11 is 0. The highest BCUT2D eigenvalue weighted by Gasteiger charge is 2.78. The first-order chi connectivity index (χ1) is 30.0. The summed E-state index contributed by atoms with van der Waals surface area (Å²) in [6.45, 7) is 14.8. The van der Waals surface area contributed by atoms with Gasteiger partial charge in [0.1, 0.15) is 28.5 Å². The van der Waals surface area contributed by atoms with Crippen LogP contribution >= 0.6 is 0 Å². The molecule has 0 radical (unpaired) electrons. The van der Waals surface area contributed by atoms with Crippen LogP contribution in [-0.4, -0.2) is 128 Å². The third-order valence-electron chi connectivity index (χ3n) is 15.6. The van der Waals surface area contributed by atoms with Crippen molar-refractivity contribution in [3.63, 3.8) is 0 Å². The van der Waals surface area contributed by atoms with Crippen molar-refractivity contribution in [2.24, 2.45) is 11.3 Å². The van der Waals surface area contributed by atoms with Crippen LogP contribution in [0.3, 0.4) is 0 Å². The minimum absolute atomic E-state index is 0.0260. The molecule has 338 valence electrons. The van der Waals surface area contributed by atoms with Crippen molar-refractivity contribution in [2.45, 2.75) is 114 Å². The van der Waals surface area contributed by atoms with E-state index in [1.165, 1.54) is 19.6 Å². The number of esters is 2. The molecule has 1 amide bonds. The largest absolute Gasteiger partial charge is 0.496 e. The van der Waals surface area contributed by atoms with Crippen LogP contribution in [0.25, 0.3) is 10.9 Å². The second-order valence-electron chi connectivity index (χ2n) is 20.0. The van der Waals surface area contributed by atoms with Gasteiger partial charge < -0.3 is 39.3 Å². The molecule has 2 bridgehead atoms. The molecule has 1 aliphatic carbocycles. The van der Waals surface area contributed by atoms with E-state index >= 15 is 4.79 Å². The second kappa shape index (κ2) is 15.4. The number of anilines is 1. The number of hydrogen-bond acceptors (Lipinski definition) is 11. The summed E-state index contributed by atoms with van der Waals surface area (Å²) in [5, 5.41) is 17.8. The lowest BCUT2D eigenvalue weighted by Gasteiger charge is -2.64. The number of amides is 1. The number of hydrogen-bond donors (Lipinski definition) is 3. The smallest absolute Gasteiger partial charge is 0.407 e. The first kappa shape index (κ1) is 43.4. The van der Waals surface area contributed by atoms with E-state index in [1.807, 2.05) is 19.2 Å². The lowest BCUT2D eigenvalue weighted by atomic mass is 9.47. The number of aromatic nitrogens is 1. The fourth-order valence-corrected chi connectivity index (χ4v) is 13.5. The van der Waals surface area contributed by atoms with E-state index in [-0.39, 0.29) is 24.5 Å². The number of methoxy groups -OCH3 is 2. The highest BCUT2D eigenvalue weighted by atomic mass is 16.6. The molecule has 13 nitrogen and oxygen atoms in total. The van der Waals surface area contributed by atoms with Crippen molar-refractivity contribution < 1.29 is 38.4 Å². The van der Waals surface area contributed by atoms with Gasteiger partial charge in [-0.05, 0) is 88.6 Å². The Hall–Kier alpha value is -4.85. The van der Waals surface area contributed by atoms with Gasteiger partial charge in [0.25, 0.3) is 0 Å². The molecule has 1 saturated heterocycles. The van der Waals surface area contributed by atoms with Crippen LogP contribution in [0.2, 0.25) is 0 Å². The van der Waals surface area contributed by atoms with E-state index in [4.69, 9.17) is 18.9 Å². The number of para-hydroxylation sites is 1. The Kier molecular flexibility index (Phi) is 10.6. The quantitative estimate of drug-likeness (QED) is 0.136. The minimum atomic E-state index is -1.83. The summed E-state index contributed by atoms with van der Waals surface area (Å²) in [6, 6.07) is 11.6. The number of aliphatic hydroxyl groups is 1. The summed E-state index contributed by atoms with van der Waals surface area (Å²) in [5.41, 5.74) is 1.20. The van der Waals surface area contributed by atoms with Gasteiger partial charge in [-0.15, -0.1) is 0 Å². The standard InChI is InChI=1S/C50H65N5O8/c1-10-31-23-32-26-49(44(57)61-9,40-34(17-21-54(27-31)28-32)33-15-12-13-16-37(33)52-40)36-24-35-38(25-39(36)60-8)53(7)42-48(35)19-22-55-20-14-18-47(11-2,41(48)55)43(62-30(3)56)50(42,59)29-51-45(58)63-46(4,5)6/h12-16,18,23-25,32,41-43,52,59H,10-11,17,19-22,26-29H2,1-9H3,(H,51,58)/t32-,41-,42+,43+,47+,48+,49-,50-/m0/s1. The number of H-pyrrole nitrogens is 1. The monoisotopic (exact) mass is 863 g/mol. The molecule has 3 aromatic rings. The molecule has 2 fully saturated rings. The predicted octanol–water partition coefficient (Wildman–Crippen LogP) is 6.15. The van der Waals surface area contributed by atoms with Crippen molar-refractivity contribution in [1.82, 2.24) is 20.1 Å². The zero-order chi connectivity index (χ0) is 44.9. The van der Waals surface area contributed by atoms with Gasteiger partial charge in [-0.3, -0.25) is 19.4 Å². The van der Waals surface area contributed by atoms with Gasteiger partial charge in [0.2, 0.25) is 0 Å². The van der Waals surface area contributed by atoms with Crippen molar-refractivity contribution in [1.29, 1.82) is 0 Å². The molecule has 9 rings (SSSR count). The molecule has 3 N–H and O–H groups in total. The first-order valence-electron chi connectivity index (χ1n) is 22.9. The van der Waals surface area contributed by atoms with E-state index in [9.17, 15) is 14.7 Å². The number of rotatable bonds is 8. The fourth-order valence-electron chi connectivity index (χ4n) is 13.5. The van der Waals surface area contributed by atoms with E-state index in [0.717, 1.165) is 72.4 Å². The Balaban J connectivity index is 1.33. The van der Waals surface area contributed by atoms with Crippen LogP contribution in [0.1, 0.15) is 89.6 Å². The van der Waals surface area contributed by atoms with Crippen LogP contribution in [-0.2, 0) is 41.1 Å². The molecule has 1 aromatic heterocycles. The average Bonchev–Trinajstić information content (AvgIpc) is 3.92. The molecular formula is C50H65N5O8. The summed E-state index contributed by atoms with van der Waals surface area (Å²) in [6.07, 6.45) is 8.27. The van der Waals surface area contributed by atoms with Gasteiger partial charge in [0.15, 0.2) is 0 Å². The first-order valence-corrected chi connectivity index (χ1v) is 22.9. The lowest BCUT2D eigenvalue weighted by molar-refractivity contribution is -0.217. The number of carbonyl (C=O) groups excluding carboxylic acids is 3. The predicted molar refractivity (Wildman–Crippen MR) is 241 cm³/mol. The van der Waals surface area contributed by atoms with Crippen molar-refractivity contribution in [2.75, 3.05) is 65.4 Å². The van der Waals surface area contributed by atoms with Crippen LogP contribution in [0, 0.1) is 11.3 Å². The number of benzene rings is 2. The molecular weight excluding hydrogens is 799 g/mol. The topological polar surface area (TPSA) is 146 Å². The number of fused-ring (bicyclic) bond motifs is 6. The summed E-state index contributed by atoms with van der Waals surface area (Å²) in [5.74, 6) is -0.326. The number of carbonyl (C=O) groups is 3. The average molecular weight is 864 g/mol. The highest BCUT2D eigenvalue weighted by molar-refractivity contribution is 5.94. The number of nitrogens with zero attached hydrogens (tertiary/aromatic N) is 3. The van der Waals surface area contributed by atoms with E-state index < -0.39 is 51.7 Å². The van der Waals surface area contributed by atoms with E-state index in [2.05, 4.69) is 81.3 Å². The number of alkyl carbamates (subject to hydrolysis) is 1. The second-order valence-corrected chi connectivity index (χ2v) is 20.0. The molecule has 1 saturated carbocycles. The number of ether oxygens (including phenoxy) is 4. The third-order valence-corrected chi connectivity index (χ3v) is 15.6. The van der Waals surface area contributed by atoms with Gasteiger partial charge in [-0.2, -0.15) is 0 Å².